The molecule has 1 aliphatic rings. The molecular formula is C23H25NO5S2. The van der Waals surface area contributed by atoms with Crippen LogP contribution in [0.25, 0.3) is 6.08 Å². The van der Waals surface area contributed by atoms with Crippen LogP contribution in [0, 0.1) is 0 Å². The van der Waals surface area contributed by atoms with E-state index >= 15 is 0 Å². The van der Waals surface area contributed by atoms with Crippen LogP contribution < -0.4 is 18.9 Å². The second-order valence-electron chi connectivity index (χ2n) is 6.51. The van der Waals surface area contributed by atoms with Crippen LogP contribution in [0.1, 0.15) is 18.9 Å². The highest BCUT2D eigenvalue weighted by Gasteiger charge is 2.31. The second-order valence-corrected chi connectivity index (χ2v) is 8.18. The lowest BCUT2D eigenvalue weighted by Crippen LogP contribution is -2.27. The lowest BCUT2D eigenvalue weighted by molar-refractivity contribution is -0.121. The van der Waals surface area contributed by atoms with Gasteiger partial charge in [0.25, 0.3) is 5.91 Å². The molecule has 1 heterocycles. The van der Waals surface area contributed by atoms with Crippen molar-refractivity contribution in [3.8, 4) is 23.0 Å². The summed E-state index contributed by atoms with van der Waals surface area (Å²) in [6.45, 7) is 3.35. The quantitative estimate of drug-likeness (QED) is 0.288. The van der Waals surface area contributed by atoms with Gasteiger partial charge < -0.3 is 18.9 Å². The molecule has 1 fully saturated rings. The Morgan fingerprint density at radius 2 is 1.65 bits per heavy atom. The summed E-state index contributed by atoms with van der Waals surface area (Å²) in [6.07, 6.45) is 2.46. The van der Waals surface area contributed by atoms with E-state index in [-0.39, 0.29) is 5.91 Å². The molecule has 2 aromatic carbocycles. The van der Waals surface area contributed by atoms with E-state index in [2.05, 4.69) is 0 Å². The molecule has 6 nitrogen and oxygen atoms in total. The van der Waals surface area contributed by atoms with E-state index in [4.69, 9.17) is 31.2 Å². The number of likely N-dealkylation sites (N-methyl/N-ethyl adjacent to an activating group) is 1. The zero-order valence-corrected chi connectivity index (χ0v) is 19.4. The maximum Gasteiger partial charge on any atom is 0.266 e. The molecule has 0 atom stereocenters. The van der Waals surface area contributed by atoms with Crippen molar-refractivity contribution in [2.75, 3.05) is 34.0 Å². The number of nitrogens with zero attached hydrogens (tertiary/aromatic N) is 1. The smallest absolute Gasteiger partial charge is 0.266 e. The number of amides is 1. The number of hydrogen-bond acceptors (Lipinski definition) is 7. The zero-order valence-electron chi connectivity index (χ0n) is 17.8. The third-order valence-corrected chi connectivity index (χ3v) is 5.95. The molecule has 0 radical (unpaired) electrons. The van der Waals surface area contributed by atoms with Gasteiger partial charge in [0.2, 0.25) is 0 Å². The third-order valence-electron chi connectivity index (χ3n) is 4.57. The zero-order chi connectivity index (χ0) is 22.2. The van der Waals surface area contributed by atoms with Crippen molar-refractivity contribution in [3.63, 3.8) is 0 Å². The van der Waals surface area contributed by atoms with E-state index in [1.807, 2.05) is 49.4 Å². The molecule has 1 saturated heterocycles. The lowest BCUT2D eigenvalue weighted by atomic mass is 10.1. The molecule has 31 heavy (non-hydrogen) atoms. The number of thioether (sulfide) groups is 1. The summed E-state index contributed by atoms with van der Waals surface area (Å²) in [4.78, 5) is 14.7. The fraction of sp³-hybridized carbons (Fsp3) is 0.304. The number of methoxy groups -OCH3 is 2. The fourth-order valence-corrected chi connectivity index (χ4v) is 4.40. The molecule has 2 aromatic rings. The van der Waals surface area contributed by atoms with Crippen LogP contribution in [-0.2, 0) is 4.79 Å². The molecule has 1 aliphatic heterocycles. The van der Waals surface area contributed by atoms with Crippen molar-refractivity contribution < 1.29 is 23.7 Å². The van der Waals surface area contributed by atoms with Gasteiger partial charge >= 0.3 is 0 Å². The highest BCUT2D eigenvalue weighted by atomic mass is 32.2. The molecule has 0 aliphatic carbocycles. The summed E-state index contributed by atoms with van der Waals surface area (Å²) in [7, 11) is 3.20. The second kappa shape index (κ2) is 11.1. The average Bonchev–Trinajstić information content (AvgIpc) is 3.06. The van der Waals surface area contributed by atoms with E-state index in [1.54, 1.807) is 25.2 Å². The van der Waals surface area contributed by atoms with Crippen LogP contribution in [0.5, 0.6) is 23.0 Å². The summed E-state index contributed by atoms with van der Waals surface area (Å²) in [5.41, 5.74) is 0.765. The van der Waals surface area contributed by atoms with Crippen molar-refractivity contribution >= 4 is 40.3 Å². The Morgan fingerprint density at radius 3 is 2.32 bits per heavy atom. The number of para-hydroxylation sites is 3. The predicted octanol–water partition coefficient (Wildman–Crippen LogP) is 4.77. The van der Waals surface area contributed by atoms with Gasteiger partial charge in [0.15, 0.2) is 23.0 Å². The summed E-state index contributed by atoms with van der Waals surface area (Å²) in [5.74, 6) is 2.49. The van der Waals surface area contributed by atoms with Gasteiger partial charge in [-0.2, -0.15) is 0 Å². The topological polar surface area (TPSA) is 57.2 Å². The number of carbonyl (C=O) groups is 1. The van der Waals surface area contributed by atoms with Crippen molar-refractivity contribution in [3.05, 3.63) is 52.9 Å². The van der Waals surface area contributed by atoms with Crippen molar-refractivity contribution in [1.29, 1.82) is 0 Å². The minimum Gasteiger partial charge on any atom is -0.493 e. The van der Waals surface area contributed by atoms with Crippen LogP contribution in [0.4, 0.5) is 0 Å². The first-order valence-electron chi connectivity index (χ1n) is 9.90. The van der Waals surface area contributed by atoms with Gasteiger partial charge in [-0.05, 0) is 31.2 Å². The van der Waals surface area contributed by atoms with Crippen LogP contribution >= 0.6 is 24.0 Å². The van der Waals surface area contributed by atoms with Crippen molar-refractivity contribution in [2.45, 2.75) is 13.3 Å². The molecule has 0 saturated carbocycles. The molecule has 1 amide bonds. The summed E-state index contributed by atoms with van der Waals surface area (Å²) in [6, 6.07) is 13.1. The van der Waals surface area contributed by atoms with E-state index < -0.39 is 0 Å². The molecule has 0 unspecified atom stereocenters. The minimum atomic E-state index is -0.0866. The van der Waals surface area contributed by atoms with Gasteiger partial charge in [-0.25, -0.2) is 0 Å². The third kappa shape index (κ3) is 5.51. The number of benzene rings is 2. The molecule has 0 aromatic heterocycles. The number of rotatable bonds is 10. The van der Waals surface area contributed by atoms with E-state index in [0.717, 1.165) is 5.56 Å². The van der Waals surface area contributed by atoms with Gasteiger partial charge in [-0.15, -0.1) is 0 Å². The lowest BCUT2D eigenvalue weighted by Gasteiger charge is -2.14. The van der Waals surface area contributed by atoms with Crippen molar-refractivity contribution in [1.82, 2.24) is 4.90 Å². The minimum absolute atomic E-state index is 0.0866. The SMILES string of the molecule is CCN1C(=O)/C(=C/c2cccc(OC)c2OCCCOc2ccccc2OC)SC1=S. The van der Waals surface area contributed by atoms with Gasteiger partial charge in [0, 0.05) is 18.5 Å². The van der Waals surface area contributed by atoms with E-state index in [0.29, 0.717) is 58.4 Å². The number of carbonyl (C=O) groups excluding carboxylic acids is 1. The Balaban J connectivity index is 1.66. The van der Waals surface area contributed by atoms with Crippen LogP contribution in [-0.4, -0.2) is 49.1 Å². The molecular weight excluding hydrogens is 434 g/mol. The maximum atomic E-state index is 12.6. The van der Waals surface area contributed by atoms with Crippen LogP contribution in [0.3, 0.4) is 0 Å². The summed E-state index contributed by atoms with van der Waals surface area (Å²) >= 11 is 6.59. The highest BCUT2D eigenvalue weighted by molar-refractivity contribution is 8.26. The Hall–Kier alpha value is -2.71. The van der Waals surface area contributed by atoms with Gasteiger partial charge in [0.1, 0.15) is 4.32 Å². The van der Waals surface area contributed by atoms with Crippen LogP contribution in [0.2, 0.25) is 0 Å². The Labute approximate surface area is 192 Å². The molecule has 3 rings (SSSR count). The Morgan fingerprint density at radius 1 is 0.968 bits per heavy atom. The first-order valence-corrected chi connectivity index (χ1v) is 11.1. The highest BCUT2D eigenvalue weighted by Crippen LogP contribution is 2.37. The number of thiocarbonyl (C=S) groups is 1. The largest absolute Gasteiger partial charge is 0.493 e. The summed E-state index contributed by atoms with van der Waals surface area (Å²) in [5, 5.41) is 0. The standard InChI is InChI=1S/C23H25NO5S2/c1-4-24-22(25)20(31-23(24)30)15-16-9-7-12-19(27-3)21(16)29-14-8-13-28-18-11-6-5-10-17(18)26-2/h5-7,9-12,15H,4,8,13-14H2,1-3H3/b20-15-. The van der Waals surface area contributed by atoms with Crippen LogP contribution in [0.15, 0.2) is 47.4 Å². The first-order chi connectivity index (χ1) is 15.1. The van der Waals surface area contributed by atoms with E-state index in [1.165, 1.54) is 11.8 Å². The number of ether oxygens (including phenoxy) is 4. The molecule has 0 N–H and O–H groups in total. The molecule has 164 valence electrons. The average molecular weight is 460 g/mol. The predicted molar refractivity (Wildman–Crippen MR) is 127 cm³/mol. The molecule has 0 bridgehead atoms. The normalized spacial score (nSPS) is 14.8. The van der Waals surface area contributed by atoms with Gasteiger partial charge in [-0.1, -0.05) is 48.2 Å². The Bertz CT molecular complexity index is 976. The molecule has 0 spiro atoms. The maximum absolute atomic E-state index is 12.6. The molecule has 8 heteroatoms. The van der Waals surface area contributed by atoms with Crippen molar-refractivity contribution in [2.24, 2.45) is 0 Å². The van der Waals surface area contributed by atoms with E-state index in [9.17, 15) is 4.79 Å². The first kappa shape index (κ1) is 23.0. The Kier molecular flexibility index (Phi) is 8.20. The monoisotopic (exact) mass is 459 g/mol. The summed E-state index contributed by atoms with van der Waals surface area (Å²) < 4.78 is 23.2. The fourth-order valence-electron chi connectivity index (χ4n) is 3.03. The van der Waals surface area contributed by atoms with Gasteiger partial charge in [0.05, 0.1) is 32.3 Å². The number of hydrogen-bond donors (Lipinski definition) is 0. The van der Waals surface area contributed by atoms with Gasteiger partial charge in [-0.3, -0.25) is 9.69 Å².